The number of hydrogen-bond donors (Lipinski definition) is 1. The summed E-state index contributed by atoms with van der Waals surface area (Å²) in [5.74, 6) is 1.17. The molecule has 0 saturated heterocycles. The molecular weight excluding hydrogens is 503 g/mol. The van der Waals surface area contributed by atoms with Crippen LogP contribution in [0.1, 0.15) is 18.1 Å². The number of rotatable bonds is 10. The van der Waals surface area contributed by atoms with Gasteiger partial charge < -0.3 is 9.47 Å². The summed E-state index contributed by atoms with van der Waals surface area (Å²) >= 11 is 19.4. The van der Waals surface area contributed by atoms with Crippen molar-refractivity contribution in [2.45, 2.75) is 18.4 Å². The predicted molar refractivity (Wildman–Crippen MR) is 136 cm³/mol. The third-order valence-corrected chi connectivity index (χ3v) is 6.10. The van der Waals surface area contributed by atoms with E-state index < -0.39 is 0 Å². The van der Waals surface area contributed by atoms with E-state index in [1.165, 1.54) is 11.8 Å². The molecule has 0 aromatic heterocycles. The fourth-order valence-corrected chi connectivity index (χ4v) is 3.96. The van der Waals surface area contributed by atoms with Crippen molar-refractivity contribution in [2.24, 2.45) is 5.10 Å². The van der Waals surface area contributed by atoms with Crippen molar-refractivity contribution in [1.82, 2.24) is 5.43 Å². The zero-order valence-corrected chi connectivity index (χ0v) is 20.8. The molecule has 0 aliphatic rings. The first-order valence-corrected chi connectivity index (χ1v) is 12.1. The Balaban J connectivity index is 1.56. The Kier molecular flexibility index (Phi) is 9.76. The van der Waals surface area contributed by atoms with E-state index in [0.29, 0.717) is 33.2 Å². The summed E-state index contributed by atoms with van der Waals surface area (Å²) in [6.07, 6.45) is 1.55. The number of carbonyl (C=O) groups excluding carboxylic acids is 1. The molecule has 0 aliphatic heterocycles. The van der Waals surface area contributed by atoms with Crippen molar-refractivity contribution in [2.75, 3.05) is 12.4 Å². The molecule has 3 aromatic rings. The van der Waals surface area contributed by atoms with Crippen LogP contribution in [-0.2, 0) is 11.4 Å². The highest BCUT2D eigenvalue weighted by Crippen LogP contribution is 2.30. The fourth-order valence-electron chi connectivity index (χ4n) is 2.68. The molecule has 3 rings (SSSR count). The Labute approximate surface area is 212 Å². The highest BCUT2D eigenvalue weighted by atomic mass is 35.5. The molecule has 1 amide bonds. The average molecular weight is 524 g/mol. The molecule has 172 valence electrons. The second kappa shape index (κ2) is 12.8. The summed E-state index contributed by atoms with van der Waals surface area (Å²) in [7, 11) is 0. The first kappa shape index (κ1) is 25.2. The number of halogens is 3. The molecule has 9 heteroatoms. The third kappa shape index (κ3) is 8.16. The molecule has 0 spiro atoms. The maximum Gasteiger partial charge on any atom is 0.250 e. The van der Waals surface area contributed by atoms with Crippen LogP contribution in [0.3, 0.4) is 0 Å². The van der Waals surface area contributed by atoms with Crippen molar-refractivity contribution in [3.63, 3.8) is 0 Å². The smallest absolute Gasteiger partial charge is 0.250 e. The van der Waals surface area contributed by atoms with Gasteiger partial charge in [-0.25, -0.2) is 5.43 Å². The van der Waals surface area contributed by atoms with E-state index in [1.807, 2.05) is 31.2 Å². The predicted octanol–water partition coefficient (Wildman–Crippen LogP) is 6.87. The SMILES string of the molecule is CCOc1cc(/C=N\NC(=O)CSc2ccc(Cl)cc2)ccc1OCc1ccc(Cl)cc1Cl. The van der Waals surface area contributed by atoms with Gasteiger partial charge in [0, 0.05) is 25.5 Å². The number of carbonyl (C=O) groups is 1. The van der Waals surface area contributed by atoms with Gasteiger partial charge in [-0.15, -0.1) is 11.8 Å². The lowest BCUT2D eigenvalue weighted by atomic mass is 10.2. The van der Waals surface area contributed by atoms with Crippen LogP contribution in [0.15, 0.2) is 70.7 Å². The van der Waals surface area contributed by atoms with Crippen LogP contribution in [0.5, 0.6) is 11.5 Å². The number of nitrogens with zero attached hydrogens (tertiary/aromatic N) is 1. The molecule has 0 unspecified atom stereocenters. The molecule has 1 N–H and O–H groups in total. The minimum Gasteiger partial charge on any atom is -0.490 e. The van der Waals surface area contributed by atoms with Gasteiger partial charge in [0.2, 0.25) is 5.91 Å². The van der Waals surface area contributed by atoms with E-state index in [4.69, 9.17) is 44.3 Å². The molecule has 0 atom stereocenters. The van der Waals surface area contributed by atoms with Gasteiger partial charge in [0.05, 0.1) is 18.6 Å². The van der Waals surface area contributed by atoms with Crippen LogP contribution in [0, 0.1) is 0 Å². The summed E-state index contributed by atoms with van der Waals surface area (Å²) < 4.78 is 11.6. The van der Waals surface area contributed by atoms with Gasteiger partial charge in [0.15, 0.2) is 11.5 Å². The van der Waals surface area contributed by atoms with E-state index in [2.05, 4.69) is 10.5 Å². The second-order valence-corrected chi connectivity index (χ2v) is 9.03. The van der Waals surface area contributed by atoms with Crippen LogP contribution in [0.4, 0.5) is 0 Å². The fraction of sp³-hybridized carbons (Fsp3) is 0.167. The van der Waals surface area contributed by atoms with Crippen molar-refractivity contribution in [3.05, 3.63) is 86.9 Å². The number of benzene rings is 3. The summed E-state index contributed by atoms with van der Waals surface area (Å²) in [5, 5.41) is 5.79. The molecule has 0 heterocycles. The number of nitrogens with one attached hydrogen (secondary N) is 1. The van der Waals surface area contributed by atoms with Crippen molar-refractivity contribution in [3.8, 4) is 11.5 Å². The highest BCUT2D eigenvalue weighted by Gasteiger charge is 2.09. The number of hydrogen-bond acceptors (Lipinski definition) is 5. The molecule has 0 radical (unpaired) electrons. The van der Waals surface area contributed by atoms with Gasteiger partial charge in [-0.2, -0.15) is 5.10 Å². The normalized spacial score (nSPS) is 10.9. The van der Waals surface area contributed by atoms with E-state index in [9.17, 15) is 4.79 Å². The lowest BCUT2D eigenvalue weighted by Gasteiger charge is -2.13. The van der Waals surface area contributed by atoms with Gasteiger partial charge in [-0.05, 0) is 67.1 Å². The van der Waals surface area contributed by atoms with Crippen LogP contribution in [0.25, 0.3) is 0 Å². The van der Waals surface area contributed by atoms with Crippen molar-refractivity contribution < 1.29 is 14.3 Å². The van der Waals surface area contributed by atoms with Gasteiger partial charge in [-0.1, -0.05) is 40.9 Å². The average Bonchev–Trinajstić information content (AvgIpc) is 2.79. The Morgan fingerprint density at radius 2 is 1.73 bits per heavy atom. The minimum atomic E-state index is -0.212. The van der Waals surface area contributed by atoms with E-state index in [-0.39, 0.29) is 18.3 Å². The topological polar surface area (TPSA) is 59.9 Å². The number of amides is 1. The number of hydrazone groups is 1. The Hall–Kier alpha value is -2.38. The Bertz CT molecular complexity index is 1120. The maximum absolute atomic E-state index is 12.0. The lowest BCUT2D eigenvalue weighted by Crippen LogP contribution is -2.19. The van der Waals surface area contributed by atoms with E-state index in [0.717, 1.165) is 16.0 Å². The van der Waals surface area contributed by atoms with Crippen LogP contribution >= 0.6 is 46.6 Å². The maximum atomic E-state index is 12.0. The minimum absolute atomic E-state index is 0.212. The number of thioether (sulfide) groups is 1. The number of ether oxygens (including phenoxy) is 2. The molecule has 0 fully saturated rings. The van der Waals surface area contributed by atoms with Gasteiger partial charge in [0.25, 0.3) is 0 Å². The van der Waals surface area contributed by atoms with E-state index >= 15 is 0 Å². The molecule has 3 aromatic carbocycles. The Morgan fingerprint density at radius 1 is 0.970 bits per heavy atom. The monoisotopic (exact) mass is 522 g/mol. The quantitative estimate of drug-likeness (QED) is 0.179. The Morgan fingerprint density at radius 3 is 2.45 bits per heavy atom. The zero-order chi connectivity index (χ0) is 23.6. The molecule has 0 bridgehead atoms. The second-order valence-electron chi connectivity index (χ2n) is 6.70. The summed E-state index contributed by atoms with van der Waals surface area (Å²) in [4.78, 5) is 13.0. The van der Waals surface area contributed by atoms with Crippen molar-refractivity contribution in [1.29, 1.82) is 0 Å². The summed E-state index contributed by atoms with van der Waals surface area (Å²) in [6.45, 7) is 2.63. The zero-order valence-electron chi connectivity index (χ0n) is 17.7. The molecule has 5 nitrogen and oxygen atoms in total. The largest absolute Gasteiger partial charge is 0.490 e. The van der Waals surface area contributed by atoms with Gasteiger partial charge >= 0.3 is 0 Å². The highest BCUT2D eigenvalue weighted by molar-refractivity contribution is 8.00. The van der Waals surface area contributed by atoms with Crippen molar-refractivity contribution >= 4 is 58.7 Å². The first-order chi connectivity index (χ1) is 15.9. The van der Waals surface area contributed by atoms with Crippen LogP contribution < -0.4 is 14.9 Å². The summed E-state index contributed by atoms with van der Waals surface area (Å²) in [6, 6.07) is 18.0. The third-order valence-electron chi connectivity index (χ3n) is 4.25. The summed E-state index contributed by atoms with van der Waals surface area (Å²) in [5.41, 5.74) is 4.09. The molecule has 0 aliphatic carbocycles. The van der Waals surface area contributed by atoms with Gasteiger partial charge in [-0.3, -0.25) is 4.79 Å². The van der Waals surface area contributed by atoms with E-state index in [1.54, 1.807) is 42.6 Å². The van der Waals surface area contributed by atoms with Crippen LogP contribution in [0.2, 0.25) is 15.1 Å². The standard InChI is InChI=1S/C24H21Cl3N2O3S/c1-2-31-23-11-16(3-10-22(23)32-14-17-4-5-19(26)12-21(17)27)13-28-29-24(30)15-33-20-8-6-18(25)7-9-20/h3-13H,2,14-15H2,1H3,(H,29,30)/b28-13-. The molecule has 33 heavy (non-hydrogen) atoms. The first-order valence-electron chi connectivity index (χ1n) is 9.98. The van der Waals surface area contributed by atoms with Crippen LogP contribution in [-0.4, -0.2) is 24.5 Å². The van der Waals surface area contributed by atoms with Gasteiger partial charge in [0.1, 0.15) is 6.61 Å². The molecular formula is C24H21Cl3N2O3S. The molecule has 0 saturated carbocycles. The lowest BCUT2D eigenvalue weighted by molar-refractivity contribution is -0.118.